The van der Waals surface area contributed by atoms with Crippen molar-refractivity contribution in [1.82, 2.24) is 19.9 Å². The summed E-state index contributed by atoms with van der Waals surface area (Å²) in [5, 5.41) is 8.86. The van der Waals surface area contributed by atoms with Gasteiger partial charge >= 0.3 is 5.97 Å². The number of carbonyl (C=O) groups is 1. The largest absolute Gasteiger partial charge is 1.00 e. The van der Waals surface area contributed by atoms with E-state index in [-0.39, 0.29) is 38.1 Å². The number of carboxylic acids is 1. The van der Waals surface area contributed by atoms with E-state index in [0.717, 1.165) is 28.1 Å². The van der Waals surface area contributed by atoms with Gasteiger partial charge in [0.2, 0.25) is 0 Å². The fourth-order valence-corrected chi connectivity index (χ4v) is 3.53. The minimum Gasteiger partial charge on any atom is -1.00 e. The molecule has 1 radical (unpaired) electrons. The number of hydrogen-bond donors (Lipinski definition) is 1. The van der Waals surface area contributed by atoms with Gasteiger partial charge in [-0.15, -0.1) is 71.8 Å². The first-order chi connectivity index (χ1) is 19.6. The molecule has 0 saturated heterocycles. The summed E-state index contributed by atoms with van der Waals surface area (Å²) in [5.41, 5.74) is 6.56. The Hall–Kier alpha value is -4.55. The molecule has 4 heterocycles. The Morgan fingerprint density at radius 2 is 1.07 bits per heavy atom. The number of carboxylic acid groups (broad SMARTS) is 1. The molecule has 8 heteroatoms. The van der Waals surface area contributed by atoms with Gasteiger partial charge < -0.3 is 27.5 Å². The second-order valence-electron chi connectivity index (χ2n) is 8.44. The summed E-state index contributed by atoms with van der Waals surface area (Å²) in [5.74, 6) is -0.962. The maximum absolute atomic E-state index is 10.8. The molecule has 6 aromatic rings. The number of halogens is 1. The van der Waals surface area contributed by atoms with E-state index in [1.165, 1.54) is 18.3 Å². The molecule has 0 aliphatic rings. The average Bonchev–Trinajstić information content (AvgIpc) is 3.03. The van der Waals surface area contributed by atoms with Gasteiger partial charge in [-0.2, -0.15) is 0 Å². The first-order valence-electron chi connectivity index (χ1n) is 12.5. The summed E-state index contributed by atoms with van der Waals surface area (Å²) in [6.07, 6.45) is 6.73. The zero-order valence-electron chi connectivity index (χ0n) is 22.6. The van der Waals surface area contributed by atoms with Crippen molar-refractivity contribution in [2.75, 3.05) is 0 Å². The van der Waals surface area contributed by atoms with Gasteiger partial charge in [0.25, 0.3) is 0 Å². The zero-order chi connectivity index (χ0) is 28.0. The van der Waals surface area contributed by atoms with E-state index in [1.54, 1.807) is 18.6 Å². The molecule has 0 atom stereocenters. The van der Waals surface area contributed by atoms with Crippen LogP contribution in [0.25, 0.3) is 33.9 Å². The summed E-state index contributed by atoms with van der Waals surface area (Å²) in [6, 6.07) is 40.4. The van der Waals surface area contributed by atoms with Gasteiger partial charge in [0.1, 0.15) is 0 Å². The minimum absolute atomic E-state index is 0. The first-order valence-corrected chi connectivity index (χ1v) is 12.5. The first kappa shape index (κ1) is 33.7. The SMILES string of the molecule is Cc1ccnc(-c2cc(C(=O)O)ccn2)c1.[Cl-].[Ir].[c-]1ccccc1-c1ccccn1.[c-]1ccccc1-c1ccccn1. The fourth-order valence-electron chi connectivity index (χ4n) is 3.53. The number of hydrogen-bond acceptors (Lipinski definition) is 5. The molecule has 6 rings (SSSR count). The molecule has 42 heavy (non-hydrogen) atoms. The molecule has 0 spiro atoms. The molecule has 0 unspecified atom stereocenters. The van der Waals surface area contributed by atoms with E-state index in [0.29, 0.717) is 11.4 Å². The molecule has 6 nitrogen and oxygen atoms in total. The second-order valence-corrected chi connectivity index (χ2v) is 8.44. The average molecular weight is 750 g/mol. The van der Waals surface area contributed by atoms with Crippen LogP contribution in [0.15, 0.2) is 134 Å². The van der Waals surface area contributed by atoms with E-state index in [4.69, 9.17) is 5.11 Å². The third-order valence-electron chi connectivity index (χ3n) is 5.48. The zero-order valence-corrected chi connectivity index (χ0v) is 25.7. The predicted molar refractivity (Wildman–Crippen MR) is 156 cm³/mol. The van der Waals surface area contributed by atoms with Gasteiger partial charge in [-0.3, -0.25) is 9.97 Å². The summed E-state index contributed by atoms with van der Waals surface area (Å²) >= 11 is 0. The van der Waals surface area contributed by atoms with Crippen molar-refractivity contribution in [2.24, 2.45) is 0 Å². The van der Waals surface area contributed by atoms with Gasteiger partial charge in [0.05, 0.1) is 17.0 Å². The molecule has 213 valence electrons. The van der Waals surface area contributed by atoms with Crippen LogP contribution in [0.1, 0.15) is 15.9 Å². The Morgan fingerprint density at radius 3 is 1.50 bits per heavy atom. The van der Waals surface area contributed by atoms with Gasteiger partial charge in [-0.05, 0) is 60.3 Å². The van der Waals surface area contributed by atoms with Gasteiger partial charge in [0.15, 0.2) is 0 Å². The van der Waals surface area contributed by atoms with Gasteiger partial charge in [-0.1, -0.05) is 24.3 Å². The maximum Gasteiger partial charge on any atom is 0.335 e. The monoisotopic (exact) mass is 750 g/mol. The number of pyridine rings is 4. The van der Waals surface area contributed by atoms with E-state index in [1.807, 2.05) is 104 Å². The van der Waals surface area contributed by atoms with Crippen LogP contribution in [0.2, 0.25) is 0 Å². The number of aromatic carboxylic acids is 1. The fraction of sp³-hybridized carbons (Fsp3) is 0.0294. The third-order valence-corrected chi connectivity index (χ3v) is 5.48. The topological polar surface area (TPSA) is 88.9 Å². The van der Waals surface area contributed by atoms with Gasteiger partial charge in [0, 0.05) is 44.9 Å². The Labute approximate surface area is 265 Å². The maximum atomic E-state index is 10.8. The van der Waals surface area contributed by atoms with Crippen LogP contribution >= 0.6 is 0 Å². The van der Waals surface area contributed by atoms with Gasteiger partial charge in [-0.25, -0.2) is 4.79 Å². The van der Waals surface area contributed by atoms with E-state index in [2.05, 4.69) is 32.1 Å². The van der Waals surface area contributed by atoms with E-state index < -0.39 is 5.97 Å². The number of rotatable bonds is 4. The van der Waals surface area contributed by atoms with Crippen LogP contribution in [0.3, 0.4) is 0 Å². The van der Waals surface area contributed by atoms with Crippen molar-refractivity contribution in [1.29, 1.82) is 0 Å². The van der Waals surface area contributed by atoms with Crippen LogP contribution in [0, 0.1) is 19.1 Å². The third kappa shape index (κ3) is 10.4. The second kappa shape index (κ2) is 18.0. The van der Waals surface area contributed by atoms with Crippen LogP contribution in [-0.4, -0.2) is 31.0 Å². The van der Waals surface area contributed by atoms with Crippen molar-refractivity contribution in [3.63, 3.8) is 0 Å². The van der Waals surface area contributed by atoms with Crippen molar-refractivity contribution < 1.29 is 42.4 Å². The Bertz CT molecular complexity index is 1480. The standard InChI is InChI=1S/C12H10N2O2.2C11H8N.ClH.Ir/c1-8-2-4-13-10(6-8)11-7-9(12(15)16)3-5-14-11;2*1-2-6-10(7-3-1)11-8-4-5-9-12-11;;/h2-7H,1H3,(H,15,16);2*1-6,8-9H;1H;/q;2*-1;;/p-1. The Morgan fingerprint density at radius 1 is 0.595 bits per heavy atom. The quantitative estimate of drug-likeness (QED) is 0.272. The molecular formula is C34H26ClIrN4O2-3. The molecule has 0 amide bonds. The minimum atomic E-state index is -0.962. The van der Waals surface area contributed by atoms with E-state index >= 15 is 0 Å². The van der Waals surface area contributed by atoms with Crippen molar-refractivity contribution in [3.8, 4) is 33.9 Å². The number of aromatic nitrogens is 4. The number of nitrogens with zero attached hydrogens (tertiary/aromatic N) is 4. The molecule has 0 aliphatic carbocycles. The number of benzene rings is 2. The molecule has 0 saturated carbocycles. The van der Waals surface area contributed by atoms with Crippen LogP contribution < -0.4 is 12.4 Å². The summed E-state index contributed by atoms with van der Waals surface area (Å²) in [7, 11) is 0. The smallest absolute Gasteiger partial charge is 0.335 e. The summed E-state index contributed by atoms with van der Waals surface area (Å²) in [6.45, 7) is 1.95. The molecule has 0 bridgehead atoms. The summed E-state index contributed by atoms with van der Waals surface area (Å²) in [4.78, 5) is 27.5. The summed E-state index contributed by atoms with van der Waals surface area (Å²) < 4.78 is 0. The molecule has 4 aromatic heterocycles. The molecule has 2 aromatic carbocycles. The van der Waals surface area contributed by atoms with E-state index in [9.17, 15) is 4.79 Å². The van der Waals surface area contributed by atoms with Crippen molar-refractivity contribution in [3.05, 3.63) is 157 Å². The van der Waals surface area contributed by atoms with Crippen LogP contribution in [0.4, 0.5) is 0 Å². The number of aryl methyl sites for hydroxylation is 1. The Kier molecular flexibility index (Phi) is 14.4. The Balaban J connectivity index is 0.000000218. The predicted octanol–water partition coefficient (Wildman–Crippen LogP) is 4.25. The molecule has 0 fully saturated rings. The van der Waals surface area contributed by atoms with Crippen molar-refractivity contribution >= 4 is 5.97 Å². The molecule has 1 N–H and O–H groups in total. The van der Waals surface area contributed by atoms with Crippen LogP contribution in [0.5, 0.6) is 0 Å². The molecular weight excluding hydrogens is 724 g/mol. The normalized spacial score (nSPS) is 9.36. The van der Waals surface area contributed by atoms with Crippen molar-refractivity contribution in [2.45, 2.75) is 6.92 Å². The molecule has 0 aliphatic heterocycles. The van der Waals surface area contributed by atoms with Crippen LogP contribution in [-0.2, 0) is 20.1 Å².